The highest BCUT2D eigenvalue weighted by Crippen LogP contribution is 2.10. The van der Waals surface area contributed by atoms with E-state index < -0.39 is 0 Å². The summed E-state index contributed by atoms with van der Waals surface area (Å²) in [5.74, 6) is -0.384. The second-order valence-electron chi connectivity index (χ2n) is 5.50. The Bertz CT molecular complexity index is 575. The molecule has 1 aliphatic rings. The van der Waals surface area contributed by atoms with Crippen LogP contribution in [0.5, 0.6) is 0 Å². The molecule has 132 valence electrons. The van der Waals surface area contributed by atoms with E-state index in [1.807, 2.05) is 13.8 Å². The molecule has 1 fully saturated rings. The molecule has 0 aromatic heterocycles. The van der Waals surface area contributed by atoms with Crippen LogP contribution in [0.15, 0.2) is 24.3 Å². The Kier molecular flexibility index (Phi) is 7.67. The van der Waals surface area contributed by atoms with Crippen LogP contribution in [0.4, 0.5) is 4.79 Å². The lowest BCUT2D eigenvalue weighted by molar-refractivity contribution is -0.125. The zero-order valence-electron chi connectivity index (χ0n) is 13.8. The van der Waals surface area contributed by atoms with Gasteiger partial charge < -0.3 is 16.0 Å². The lowest BCUT2D eigenvalue weighted by atomic mass is 10.1. The fraction of sp³-hybridized carbons (Fsp3) is 0.438. The summed E-state index contributed by atoms with van der Waals surface area (Å²) in [4.78, 5) is 36.2. The Hall–Kier alpha value is -2.12. The minimum Gasteiger partial charge on any atom is -0.350 e. The van der Waals surface area contributed by atoms with Gasteiger partial charge in [0.1, 0.15) is 0 Å². The third-order valence-electron chi connectivity index (χ3n) is 3.62. The summed E-state index contributed by atoms with van der Waals surface area (Å²) >= 11 is 0. The summed E-state index contributed by atoms with van der Waals surface area (Å²) in [7, 11) is 0. The number of halogens is 1. The molecule has 0 unspecified atom stereocenters. The number of imide groups is 1. The Morgan fingerprint density at radius 1 is 1.29 bits per heavy atom. The maximum atomic E-state index is 12.0. The van der Waals surface area contributed by atoms with E-state index in [1.165, 1.54) is 0 Å². The second-order valence-corrected chi connectivity index (χ2v) is 5.50. The smallest absolute Gasteiger partial charge is 0.324 e. The maximum Gasteiger partial charge on any atom is 0.324 e. The second kappa shape index (κ2) is 9.24. The summed E-state index contributed by atoms with van der Waals surface area (Å²) in [6, 6.07) is 6.72. The van der Waals surface area contributed by atoms with E-state index in [0.29, 0.717) is 12.1 Å². The summed E-state index contributed by atoms with van der Waals surface area (Å²) in [6.07, 6.45) is 0. The molecular weight excluding hydrogens is 332 g/mol. The van der Waals surface area contributed by atoms with Crippen LogP contribution in [0, 0.1) is 0 Å². The summed E-state index contributed by atoms with van der Waals surface area (Å²) in [6.45, 7) is 5.69. The van der Waals surface area contributed by atoms with Crippen LogP contribution in [0.25, 0.3) is 0 Å². The molecule has 24 heavy (non-hydrogen) atoms. The van der Waals surface area contributed by atoms with Gasteiger partial charge in [-0.15, -0.1) is 12.4 Å². The average molecular weight is 355 g/mol. The highest BCUT2D eigenvalue weighted by Gasteiger charge is 2.28. The molecule has 1 aromatic carbocycles. The first-order chi connectivity index (χ1) is 11.0. The molecule has 7 nitrogen and oxygen atoms in total. The number of hydrogen-bond acceptors (Lipinski definition) is 4. The van der Waals surface area contributed by atoms with Gasteiger partial charge in [-0.25, -0.2) is 4.79 Å². The lowest BCUT2D eigenvalue weighted by Crippen LogP contribution is -2.38. The topological polar surface area (TPSA) is 90.5 Å². The first kappa shape index (κ1) is 19.9. The van der Waals surface area contributed by atoms with Gasteiger partial charge in [-0.1, -0.05) is 19.1 Å². The number of carbonyl (C=O) groups is 3. The van der Waals surface area contributed by atoms with Crippen molar-refractivity contribution in [1.29, 1.82) is 0 Å². The van der Waals surface area contributed by atoms with Crippen molar-refractivity contribution in [3.8, 4) is 0 Å². The minimum absolute atomic E-state index is 0. The highest BCUT2D eigenvalue weighted by molar-refractivity contribution is 6.01. The molecule has 1 aromatic rings. The van der Waals surface area contributed by atoms with Gasteiger partial charge in [0, 0.05) is 18.2 Å². The van der Waals surface area contributed by atoms with Crippen LogP contribution in [0.3, 0.4) is 0 Å². The third-order valence-corrected chi connectivity index (χ3v) is 3.62. The zero-order valence-corrected chi connectivity index (χ0v) is 14.6. The Morgan fingerprint density at radius 2 is 1.96 bits per heavy atom. The van der Waals surface area contributed by atoms with Gasteiger partial charge in [0.2, 0.25) is 5.91 Å². The molecule has 1 aliphatic heterocycles. The predicted molar refractivity (Wildman–Crippen MR) is 93.1 cm³/mol. The van der Waals surface area contributed by atoms with Crippen molar-refractivity contribution >= 4 is 30.3 Å². The van der Waals surface area contributed by atoms with Crippen LogP contribution in [-0.4, -0.2) is 48.4 Å². The normalized spacial score (nSPS) is 14.8. The first-order valence-electron chi connectivity index (χ1n) is 7.70. The van der Waals surface area contributed by atoms with E-state index in [1.54, 1.807) is 24.3 Å². The Morgan fingerprint density at radius 3 is 2.50 bits per heavy atom. The van der Waals surface area contributed by atoms with Crippen LogP contribution < -0.4 is 16.0 Å². The van der Waals surface area contributed by atoms with Gasteiger partial charge in [0.05, 0.1) is 13.1 Å². The predicted octanol–water partition coefficient (Wildman–Crippen LogP) is 0.888. The molecule has 1 heterocycles. The van der Waals surface area contributed by atoms with Gasteiger partial charge in [0.15, 0.2) is 0 Å². The van der Waals surface area contributed by atoms with Gasteiger partial charge in [-0.05, 0) is 31.2 Å². The molecule has 0 aliphatic carbocycles. The summed E-state index contributed by atoms with van der Waals surface area (Å²) in [5, 5.41) is 8.55. The first-order valence-corrected chi connectivity index (χ1v) is 7.70. The van der Waals surface area contributed by atoms with Gasteiger partial charge >= 0.3 is 6.03 Å². The lowest BCUT2D eigenvalue weighted by Gasteiger charge is -2.14. The van der Waals surface area contributed by atoms with Crippen LogP contribution in [-0.2, 0) is 11.3 Å². The van der Waals surface area contributed by atoms with Crippen molar-refractivity contribution in [2.45, 2.75) is 26.4 Å². The van der Waals surface area contributed by atoms with Crippen molar-refractivity contribution in [2.24, 2.45) is 0 Å². The molecule has 3 N–H and O–H groups in total. The van der Waals surface area contributed by atoms with E-state index in [9.17, 15) is 14.4 Å². The fourth-order valence-electron chi connectivity index (χ4n) is 2.33. The monoisotopic (exact) mass is 354 g/mol. The van der Waals surface area contributed by atoms with Crippen LogP contribution >= 0.6 is 12.4 Å². The zero-order chi connectivity index (χ0) is 16.8. The number of nitrogens with one attached hydrogen (secondary N) is 3. The third kappa shape index (κ3) is 5.21. The number of carbonyl (C=O) groups excluding carboxylic acids is 3. The molecular formula is C16H23ClN4O3. The van der Waals surface area contributed by atoms with Crippen LogP contribution in [0.2, 0.25) is 0 Å². The molecule has 0 saturated carbocycles. The molecule has 0 radical (unpaired) electrons. The highest BCUT2D eigenvalue weighted by atomic mass is 35.5. The Balaban J connectivity index is 0.00000288. The maximum absolute atomic E-state index is 12.0. The number of nitrogens with zero attached hydrogens (tertiary/aromatic N) is 1. The number of amides is 4. The van der Waals surface area contributed by atoms with Crippen molar-refractivity contribution in [1.82, 2.24) is 20.9 Å². The van der Waals surface area contributed by atoms with Gasteiger partial charge in [-0.2, -0.15) is 0 Å². The number of rotatable bonds is 7. The van der Waals surface area contributed by atoms with Gasteiger partial charge in [0.25, 0.3) is 5.91 Å². The van der Waals surface area contributed by atoms with Crippen LogP contribution in [0.1, 0.15) is 29.8 Å². The molecule has 1 saturated heterocycles. The van der Waals surface area contributed by atoms with E-state index in [4.69, 9.17) is 0 Å². The SMILES string of the molecule is CCN[C@H](C)CNC(=O)c1ccc(CN2C(=O)CNC2=O)cc1.Cl. The number of benzene rings is 1. The fourth-order valence-corrected chi connectivity index (χ4v) is 2.33. The molecule has 0 bridgehead atoms. The quantitative estimate of drug-likeness (QED) is 0.634. The largest absolute Gasteiger partial charge is 0.350 e. The Labute approximate surface area is 147 Å². The standard InChI is InChI=1S/C16H22N4O3.ClH/c1-3-17-11(2)8-18-15(22)13-6-4-12(5-7-13)10-20-14(21)9-19-16(20)23;/h4-7,11,17H,3,8-10H2,1-2H3,(H,18,22)(H,19,23);1H/t11-;/m1./s1. The number of urea groups is 1. The van der Waals surface area contributed by atoms with E-state index in [2.05, 4.69) is 16.0 Å². The molecule has 0 spiro atoms. The molecule has 1 atom stereocenters. The van der Waals surface area contributed by atoms with E-state index in [-0.39, 0.29) is 49.4 Å². The molecule has 8 heteroatoms. The molecule has 4 amide bonds. The minimum atomic E-state index is -0.380. The van der Waals surface area contributed by atoms with Crippen molar-refractivity contribution in [2.75, 3.05) is 19.6 Å². The van der Waals surface area contributed by atoms with Crippen molar-refractivity contribution in [3.05, 3.63) is 35.4 Å². The van der Waals surface area contributed by atoms with Crippen molar-refractivity contribution < 1.29 is 14.4 Å². The van der Waals surface area contributed by atoms with E-state index >= 15 is 0 Å². The number of hydrogen-bond donors (Lipinski definition) is 3. The number of likely N-dealkylation sites (N-methyl/N-ethyl adjacent to an activating group) is 1. The molecule has 2 rings (SSSR count). The summed E-state index contributed by atoms with van der Waals surface area (Å²) in [5.41, 5.74) is 1.35. The summed E-state index contributed by atoms with van der Waals surface area (Å²) < 4.78 is 0. The average Bonchev–Trinajstić information content (AvgIpc) is 2.85. The van der Waals surface area contributed by atoms with E-state index in [0.717, 1.165) is 17.0 Å². The van der Waals surface area contributed by atoms with Gasteiger partial charge in [-0.3, -0.25) is 14.5 Å². The van der Waals surface area contributed by atoms with Crippen molar-refractivity contribution in [3.63, 3.8) is 0 Å².